The second-order valence-electron chi connectivity index (χ2n) is 12.8. The number of hydrogen-bond donors (Lipinski definition) is 4. The molecule has 0 bridgehead atoms. The van der Waals surface area contributed by atoms with Gasteiger partial charge in [-0.3, -0.25) is 24.1 Å². The Morgan fingerprint density at radius 3 is 2.38 bits per heavy atom. The molecule has 1 aliphatic heterocycles. The molecule has 2 saturated carbocycles. The number of amides is 3. The van der Waals surface area contributed by atoms with Gasteiger partial charge in [0.2, 0.25) is 5.88 Å². The summed E-state index contributed by atoms with van der Waals surface area (Å²) in [5.41, 5.74) is 2.87. The number of hydrogen-bond acceptors (Lipinski definition) is 7. The zero-order chi connectivity index (χ0) is 28.8. The number of ether oxygens (including phenoxy) is 1. The molecule has 0 radical (unpaired) electrons. The van der Waals surface area contributed by atoms with Crippen molar-refractivity contribution in [2.75, 3.05) is 13.3 Å². The molecule has 3 amide bonds. The molecule has 2 heterocycles. The number of nitrogens with two attached hydrogens (primary N) is 1. The van der Waals surface area contributed by atoms with Crippen molar-refractivity contribution >= 4 is 25.8 Å². The number of amidine groups is 1. The minimum atomic E-state index is -1.28. The van der Waals surface area contributed by atoms with Gasteiger partial charge >= 0.3 is 11.7 Å². The predicted octanol–water partition coefficient (Wildman–Crippen LogP) is 2.30. The molecule has 2 aliphatic carbocycles. The number of rotatable bonds is 10. The van der Waals surface area contributed by atoms with Crippen molar-refractivity contribution in [2.45, 2.75) is 102 Å². The first-order valence-electron chi connectivity index (χ1n) is 13.9. The summed E-state index contributed by atoms with van der Waals surface area (Å²) in [6, 6.07) is 0.133. The fourth-order valence-corrected chi connectivity index (χ4v) is 7.11. The molecule has 13 heteroatoms. The third-order valence-electron chi connectivity index (χ3n) is 8.55. The molecule has 216 valence electrons. The maximum Gasteiger partial charge on any atom is 0.334 e. The molecule has 0 atom stereocenters. The van der Waals surface area contributed by atoms with Gasteiger partial charge in [0.25, 0.3) is 11.5 Å². The number of unbranched alkanes of at least 4 members (excludes halogenated alkanes) is 1. The van der Waals surface area contributed by atoms with Crippen molar-refractivity contribution in [3.8, 4) is 5.88 Å². The highest BCUT2D eigenvalue weighted by Gasteiger charge is 2.64. The Balaban J connectivity index is 1.43. The zero-order valence-electron chi connectivity index (χ0n) is 23.5. The van der Waals surface area contributed by atoms with E-state index in [-0.39, 0.29) is 30.2 Å². The van der Waals surface area contributed by atoms with Crippen molar-refractivity contribution in [3.63, 3.8) is 0 Å². The number of nitrogens with zero attached hydrogens (tertiary/aromatic N) is 3. The molecular formula is C26H42N6O6Si. The first-order chi connectivity index (χ1) is 18.2. The van der Waals surface area contributed by atoms with E-state index >= 15 is 0 Å². The normalized spacial score (nSPS) is 26.8. The van der Waals surface area contributed by atoms with Crippen LogP contribution in [0.4, 0.5) is 4.79 Å². The van der Waals surface area contributed by atoms with Crippen molar-refractivity contribution in [3.05, 3.63) is 26.4 Å². The third-order valence-corrected chi connectivity index (χ3v) is 10.3. The number of nitrogens with one attached hydrogen (secondary N) is 2. The zero-order valence-corrected chi connectivity index (χ0v) is 24.5. The van der Waals surface area contributed by atoms with E-state index in [2.05, 4.69) is 25.0 Å². The van der Waals surface area contributed by atoms with Gasteiger partial charge in [0.05, 0.1) is 0 Å². The lowest BCUT2D eigenvalue weighted by Gasteiger charge is -2.55. The largest absolute Gasteiger partial charge is 0.494 e. The number of nitrogen functional groups attached to an aromatic ring is 1. The number of aromatic hydroxyl groups is 1. The summed E-state index contributed by atoms with van der Waals surface area (Å²) in [6.45, 7) is 9.37. The van der Waals surface area contributed by atoms with Gasteiger partial charge in [-0.15, -0.1) is 0 Å². The monoisotopic (exact) mass is 562 g/mol. The first kappa shape index (κ1) is 29.1. The molecule has 0 aromatic carbocycles. The molecule has 2 spiro atoms. The number of aromatic nitrogens is 2. The topological polar surface area (TPSA) is 173 Å². The van der Waals surface area contributed by atoms with E-state index in [0.717, 1.165) is 21.6 Å². The van der Waals surface area contributed by atoms with Crippen LogP contribution in [0.25, 0.3) is 0 Å². The van der Waals surface area contributed by atoms with Crippen LogP contribution in [0.2, 0.25) is 25.7 Å². The summed E-state index contributed by atoms with van der Waals surface area (Å²) in [4.78, 5) is 53.4. The van der Waals surface area contributed by atoms with E-state index < -0.39 is 48.7 Å². The average molecular weight is 563 g/mol. The molecule has 39 heavy (non-hydrogen) atoms. The molecular weight excluding hydrogens is 520 g/mol. The van der Waals surface area contributed by atoms with Gasteiger partial charge in [-0.05, 0) is 56.4 Å². The molecule has 0 unspecified atom stereocenters. The van der Waals surface area contributed by atoms with Gasteiger partial charge in [-0.25, -0.2) is 14.5 Å². The number of urea groups is 1. The Morgan fingerprint density at radius 1 is 1.18 bits per heavy atom. The molecule has 1 aromatic heterocycles. The van der Waals surface area contributed by atoms with Crippen LogP contribution in [0.5, 0.6) is 5.88 Å². The summed E-state index contributed by atoms with van der Waals surface area (Å²) >= 11 is 0. The quantitative estimate of drug-likeness (QED) is 0.111. The highest BCUT2D eigenvalue weighted by molar-refractivity contribution is 6.76. The lowest BCUT2D eigenvalue weighted by Crippen LogP contribution is -2.63. The first-order valence-corrected chi connectivity index (χ1v) is 17.6. The van der Waals surface area contributed by atoms with Crippen LogP contribution in [-0.2, 0) is 16.1 Å². The summed E-state index contributed by atoms with van der Waals surface area (Å²) in [6.07, 6.45) is 4.89. The van der Waals surface area contributed by atoms with Crippen LogP contribution in [0.1, 0.15) is 69.9 Å². The van der Waals surface area contributed by atoms with Gasteiger partial charge in [-0.2, -0.15) is 0 Å². The third kappa shape index (κ3) is 5.43. The van der Waals surface area contributed by atoms with Crippen LogP contribution in [0, 0.1) is 10.8 Å². The Labute approximate surface area is 229 Å². The van der Waals surface area contributed by atoms with Crippen LogP contribution in [0.3, 0.4) is 0 Å². The van der Waals surface area contributed by atoms with Gasteiger partial charge in [0.1, 0.15) is 23.7 Å². The highest BCUT2D eigenvalue weighted by atomic mass is 28.3. The van der Waals surface area contributed by atoms with E-state index in [4.69, 9.17) is 15.9 Å². The summed E-state index contributed by atoms with van der Waals surface area (Å²) in [5, 5.41) is 21.3. The fraction of sp³-hybridized carbons (Fsp3) is 0.731. The summed E-state index contributed by atoms with van der Waals surface area (Å²) in [5.74, 6) is -1.37. The minimum Gasteiger partial charge on any atom is -0.494 e. The van der Waals surface area contributed by atoms with E-state index in [0.29, 0.717) is 51.6 Å². The Morgan fingerprint density at radius 2 is 1.82 bits per heavy atom. The molecule has 3 fully saturated rings. The van der Waals surface area contributed by atoms with Crippen molar-refractivity contribution in [2.24, 2.45) is 11.1 Å². The second kappa shape index (κ2) is 10.6. The molecule has 1 aromatic rings. The average Bonchev–Trinajstić information content (AvgIpc) is 3.06. The molecule has 12 nitrogen and oxygen atoms in total. The van der Waals surface area contributed by atoms with Gasteiger partial charge in [-0.1, -0.05) is 33.0 Å². The standard InChI is InChI=1S/C26H42N6O6Si/c1-5-6-11-30-20(33)18(19(27)28)21(34)32(24(30)37)17-7-9-25(10-8-17)14-26(15-25)22(35)31(23(36)29-26)16-38-12-13-39(2,3)4/h17,33H,5-16H2,1-4H3,(H3,27,28)(H,29,36). The molecule has 1 saturated heterocycles. The highest BCUT2D eigenvalue weighted by Crippen LogP contribution is 2.59. The SMILES string of the molecule is CCCCn1c(O)c(C(=N)N)c(=O)n(C2CCC3(CC2)CC2(C3)NC(=O)N(COCC[Si](C)(C)C)C2=O)c1=O. The van der Waals surface area contributed by atoms with Crippen molar-refractivity contribution in [1.29, 1.82) is 5.41 Å². The van der Waals surface area contributed by atoms with E-state index in [9.17, 15) is 24.3 Å². The number of carbonyl (C=O) groups excluding carboxylic acids is 2. The smallest absolute Gasteiger partial charge is 0.334 e. The lowest BCUT2D eigenvalue weighted by atomic mass is 9.51. The lowest BCUT2D eigenvalue weighted by molar-refractivity contribution is -0.145. The van der Waals surface area contributed by atoms with Crippen LogP contribution in [0.15, 0.2) is 9.59 Å². The van der Waals surface area contributed by atoms with Gasteiger partial charge in [0, 0.05) is 27.3 Å². The van der Waals surface area contributed by atoms with Crippen LogP contribution in [-0.4, -0.2) is 63.9 Å². The maximum absolute atomic E-state index is 13.3. The van der Waals surface area contributed by atoms with Crippen molar-refractivity contribution in [1.82, 2.24) is 19.4 Å². The van der Waals surface area contributed by atoms with Crippen LogP contribution >= 0.6 is 0 Å². The Kier molecular flexibility index (Phi) is 7.87. The fourth-order valence-electron chi connectivity index (χ4n) is 6.36. The minimum absolute atomic E-state index is 0.0431. The summed E-state index contributed by atoms with van der Waals surface area (Å²) < 4.78 is 7.95. The number of carbonyl (C=O) groups is 2. The maximum atomic E-state index is 13.3. The predicted molar refractivity (Wildman–Crippen MR) is 149 cm³/mol. The van der Waals surface area contributed by atoms with E-state index in [1.807, 2.05) is 6.92 Å². The molecule has 3 aliphatic rings. The van der Waals surface area contributed by atoms with E-state index in [1.165, 1.54) is 4.90 Å². The second-order valence-corrected chi connectivity index (χ2v) is 18.4. The Bertz CT molecular complexity index is 1270. The molecule has 4 rings (SSSR count). The van der Waals surface area contributed by atoms with Crippen molar-refractivity contribution < 1.29 is 19.4 Å². The van der Waals surface area contributed by atoms with E-state index in [1.54, 1.807) is 0 Å². The molecule has 5 N–H and O–H groups in total. The van der Waals surface area contributed by atoms with Gasteiger partial charge < -0.3 is 20.9 Å². The van der Waals surface area contributed by atoms with Gasteiger partial charge in [0.15, 0.2) is 0 Å². The Hall–Kier alpha value is -2.93. The summed E-state index contributed by atoms with van der Waals surface area (Å²) in [7, 11) is -1.28. The van der Waals surface area contributed by atoms with Crippen LogP contribution < -0.4 is 22.3 Å². The number of imide groups is 1.